The van der Waals surface area contributed by atoms with Crippen molar-refractivity contribution in [2.45, 2.75) is 11.6 Å². The molecule has 0 spiro atoms. The predicted molar refractivity (Wildman–Crippen MR) is 89.5 cm³/mol. The standard InChI is InChI=1S/C16H13FN6S/c1-24-16-13(6-18)15(19-10-20-16)22-12-7-21-23(9-12)8-11-4-2-3-5-14(11)17/h2-5,7,9-10H,8H2,1H3,(H,19,20,22). The molecule has 0 atom stereocenters. The summed E-state index contributed by atoms with van der Waals surface area (Å²) in [6.45, 7) is 0.319. The van der Waals surface area contributed by atoms with Gasteiger partial charge in [-0.3, -0.25) is 4.68 Å². The maximum atomic E-state index is 13.7. The van der Waals surface area contributed by atoms with Gasteiger partial charge in [0.25, 0.3) is 0 Å². The van der Waals surface area contributed by atoms with Gasteiger partial charge in [-0.25, -0.2) is 14.4 Å². The van der Waals surface area contributed by atoms with E-state index in [1.165, 1.54) is 24.2 Å². The highest BCUT2D eigenvalue weighted by Gasteiger charge is 2.11. The normalized spacial score (nSPS) is 10.4. The molecule has 0 aliphatic rings. The number of hydrogen-bond acceptors (Lipinski definition) is 6. The quantitative estimate of drug-likeness (QED) is 0.567. The molecule has 1 aromatic carbocycles. The number of hydrogen-bond donors (Lipinski definition) is 1. The number of benzene rings is 1. The third-order valence-corrected chi connectivity index (χ3v) is 4.00. The fraction of sp³-hybridized carbons (Fsp3) is 0.125. The van der Waals surface area contributed by atoms with Crippen molar-refractivity contribution in [1.82, 2.24) is 19.7 Å². The molecule has 2 aromatic heterocycles. The molecule has 0 amide bonds. The van der Waals surface area contributed by atoms with Gasteiger partial charge in [0.15, 0.2) is 5.82 Å². The fourth-order valence-electron chi connectivity index (χ4n) is 2.17. The molecule has 0 bridgehead atoms. The number of halogens is 1. The molecule has 0 aliphatic heterocycles. The van der Waals surface area contributed by atoms with E-state index in [2.05, 4.69) is 26.5 Å². The molecule has 0 radical (unpaired) electrons. The molecule has 120 valence electrons. The molecule has 0 fully saturated rings. The molecule has 0 saturated heterocycles. The zero-order valence-corrected chi connectivity index (χ0v) is 13.6. The Morgan fingerprint density at radius 2 is 2.17 bits per heavy atom. The summed E-state index contributed by atoms with van der Waals surface area (Å²) >= 11 is 1.38. The maximum absolute atomic E-state index is 13.7. The summed E-state index contributed by atoms with van der Waals surface area (Å²) in [5.74, 6) is 0.150. The van der Waals surface area contributed by atoms with Gasteiger partial charge in [0.2, 0.25) is 0 Å². The Balaban J connectivity index is 1.80. The first kappa shape index (κ1) is 16.0. The number of anilines is 2. The highest BCUT2D eigenvalue weighted by molar-refractivity contribution is 7.98. The molecule has 0 aliphatic carbocycles. The summed E-state index contributed by atoms with van der Waals surface area (Å²) in [5.41, 5.74) is 1.59. The molecular weight excluding hydrogens is 327 g/mol. The van der Waals surface area contributed by atoms with Crippen molar-refractivity contribution in [2.24, 2.45) is 0 Å². The van der Waals surface area contributed by atoms with Crippen LogP contribution in [-0.2, 0) is 6.54 Å². The first-order valence-electron chi connectivity index (χ1n) is 7.03. The number of nitriles is 1. The highest BCUT2D eigenvalue weighted by atomic mass is 32.2. The first-order valence-corrected chi connectivity index (χ1v) is 8.25. The van der Waals surface area contributed by atoms with E-state index < -0.39 is 0 Å². The van der Waals surface area contributed by atoms with Gasteiger partial charge in [-0.05, 0) is 12.3 Å². The number of rotatable bonds is 5. The van der Waals surface area contributed by atoms with Crippen molar-refractivity contribution in [1.29, 1.82) is 5.26 Å². The molecule has 8 heteroatoms. The van der Waals surface area contributed by atoms with Crippen LogP contribution in [0.4, 0.5) is 15.9 Å². The summed E-state index contributed by atoms with van der Waals surface area (Å²) < 4.78 is 15.3. The maximum Gasteiger partial charge on any atom is 0.153 e. The minimum absolute atomic E-state index is 0.269. The van der Waals surface area contributed by atoms with Crippen molar-refractivity contribution in [3.8, 4) is 6.07 Å². The molecule has 6 nitrogen and oxygen atoms in total. The minimum Gasteiger partial charge on any atom is -0.336 e. The molecule has 2 heterocycles. The lowest BCUT2D eigenvalue weighted by Gasteiger charge is -2.06. The van der Waals surface area contributed by atoms with E-state index in [9.17, 15) is 9.65 Å². The van der Waals surface area contributed by atoms with Gasteiger partial charge in [-0.1, -0.05) is 18.2 Å². The van der Waals surface area contributed by atoms with Crippen LogP contribution in [0, 0.1) is 17.1 Å². The van der Waals surface area contributed by atoms with Crippen LogP contribution >= 0.6 is 11.8 Å². The summed E-state index contributed by atoms with van der Waals surface area (Å²) in [7, 11) is 0. The van der Waals surface area contributed by atoms with E-state index in [4.69, 9.17) is 0 Å². The van der Waals surface area contributed by atoms with Crippen LogP contribution in [0.15, 0.2) is 48.0 Å². The Hall–Kier alpha value is -2.92. The highest BCUT2D eigenvalue weighted by Crippen LogP contribution is 2.24. The Morgan fingerprint density at radius 1 is 1.33 bits per heavy atom. The second-order valence-corrected chi connectivity index (χ2v) is 5.66. The number of nitrogens with zero attached hydrogens (tertiary/aromatic N) is 5. The van der Waals surface area contributed by atoms with Crippen molar-refractivity contribution in [2.75, 3.05) is 11.6 Å². The Kier molecular flexibility index (Phi) is 4.72. The van der Waals surface area contributed by atoms with Crippen LogP contribution in [0.3, 0.4) is 0 Å². The smallest absolute Gasteiger partial charge is 0.153 e. The number of aromatic nitrogens is 4. The first-order chi connectivity index (χ1) is 11.7. The molecule has 0 saturated carbocycles. The third-order valence-electron chi connectivity index (χ3n) is 3.30. The number of thioether (sulfide) groups is 1. The van der Waals surface area contributed by atoms with Gasteiger partial charge < -0.3 is 5.32 Å². The van der Waals surface area contributed by atoms with Crippen LogP contribution in [-0.4, -0.2) is 26.0 Å². The molecule has 0 unspecified atom stereocenters. The van der Waals surface area contributed by atoms with E-state index in [0.29, 0.717) is 34.2 Å². The second-order valence-electron chi connectivity index (χ2n) is 4.86. The summed E-state index contributed by atoms with van der Waals surface area (Å²) in [6, 6.07) is 8.67. The van der Waals surface area contributed by atoms with E-state index in [1.807, 2.05) is 6.26 Å². The molecule has 24 heavy (non-hydrogen) atoms. The van der Waals surface area contributed by atoms with Crippen LogP contribution in [0.2, 0.25) is 0 Å². The Morgan fingerprint density at radius 3 is 2.92 bits per heavy atom. The van der Waals surface area contributed by atoms with Crippen molar-refractivity contribution in [3.05, 3.63) is 59.9 Å². The zero-order chi connectivity index (χ0) is 16.9. The SMILES string of the molecule is CSc1ncnc(Nc2cnn(Cc3ccccc3F)c2)c1C#N. The summed E-state index contributed by atoms with van der Waals surface area (Å²) in [5, 5.41) is 17.2. The lowest BCUT2D eigenvalue weighted by molar-refractivity contribution is 0.585. The topological polar surface area (TPSA) is 79.4 Å². The van der Waals surface area contributed by atoms with Gasteiger partial charge in [-0.2, -0.15) is 10.4 Å². The lowest BCUT2D eigenvalue weighted by atomic mass is 10.2. The van der Waals surface area contributed by atoms with E-state index >= 15 is 0 Å². The van der Waals surface area contributed by atoms with Gasteiger partial charge >= 0.3 is 0 Å². The molecular formula is C16H13FN6S. The second kappa shape index (κ2) is 7.10. The average molecular weight is 340 g/mol. The van der Waals surface area contributed by atoms with Crippen LogP contribution in [0.25, 0.3) is 0 Å². The van der Waals surface area contributed by atoms with Crippen molar-refractivity contribution < 1.29 is 4.39 Å². The van der Waals surface area contributed by atoms with E-state index in [-0.39, 0.29) is 5.82 Å². The van der Waals surface area contributed by atoms with E-state index in [0.717, 1.165) is 0 Å². The fourth-order valence-corrected chi connectivity index (χ4v) is 2.67. The largest absolute Gasteiger partial charge is 0.336 e. The Bertz CT molecular complexity index is 902. The van der Waals surface area contributed by atoms with Gasteiger partial charge in [-0.15, -0.1) is 11.8 Å². The van der Waals surface area contributed by atoms with Crippen LogP contribution in [0.1, 0.15) is 11.1 Å². The zero-order valence-electron chi connectivity index (χ0n) is 12.8. The van der Waals surface area contributed by atoms with Gasteiger partial charge in [0, 0.05) is 11.8 Å². The molecule has 1 N–H and O–H groups in total. The third kappa shape index (κ3) is 3.36. The lowest BCUT2D eigenvalue weighted by Crippen LogP contribution is -2.02. The van der Waals surface area contributed by atoms with E-state index in [1.54, 1.807) is 35.3 Å². The predicted octanol–water partition coefficient (Wildman–Crippen LogP) is 3.20. The molecule has 3 aromatic rings. The summed E-state index contributed by atoms with van der Waals surface area (Å²) in [4.78, 5) is 8.17. The van der Waals surface area contributed by atoms with Crippen molar-refractivity contribution in [3.63, 3.8) is 0 Å². The van der Waals surface area contributed by atoms with Crippen molar-refractivity contribution >= 4 is 23.3 Å². The monoisotopic (exact) mass is 340 g/mol. The van der Waals surface area contributed by atoms with Crippen LogP contribution < -0.4 is 5.32 Å². The average Bonchev–Trinajstić information content (AvgIpc) is 3.03. The number of nitrogens with one attached hydrogen (secondary N) is 1. The van der Waals surface area contributed by atoms with Gasteiger partial charge in [0.05, 0.1) is 18.4 Å². The molecule has 3 rings (SSSR count). The van der Waals surface area contributed by atoms with Crippen LogP contribution in [0.5, 0.6) is 0 Å². The summed E-state index contributed by atoms with van der Waals surface area (Å²) in [6.07, 6.45) is 6.58. The van der Waals surface area contributed by atoms with Gasteiger partial charge in [0.1, 0.15) is 28.8 Å². The Labute approximate surface area is 142 Å². The minimum atomic E-state index is -0.269.